The van der Waals surface area contributed by atoms with Crippen LogP contribution in [0.1, 0.15) is 5.56 Å². The number of halogens is 3. The number of hydrazone groups is 1. The van der Waals surface area contributed by atoms with E-state index >= 15 is 0 Å². The molecule has 0 aromatic heterocycles. The predicted octanol–water partition coefficient (Wildman–Crippen LogP) is 5.02. The molecular formula is C17H13Br2ClN2O2. The second kappa shape index (κ2) is 9.61. The van der Waals surface area contributed by atoms with Crippen molar-refractivity contribution in [3.8, 4) is 5.75 Å². The number of rotatable bonds is 6. The molecule has 0 saturated heterocycles. The second-order valence-corrected chi connectivity index (χ2v) is 6.80. The summed E-state index contributed by atoms with van der Waals surface area (Å²) in [6.07, 6.45) is 3.39. The molecule has 0 heterocycles. The van der Waals surface area contributed by atoms with E-state index in [9.17, 15) is 4.79 Å². The number of carbonyl (C=O) groups excluding carboxylic acids is 1. The maximum absolute atomic E-state index is 11.7. The Morgan fingerprint density at radius 3 is 2.71 bits per heavy atom. The second-order valence-electron chi connectivity index (χ2n) is 4.60. The molecule has 0 fully saturated rings. The number of hydrogen-bond donors (Lipinski definition) is 1. The molecule has 0 aliphatic heterocycles. The molecule has 0 spiro atoms. The number of benzene rings is 2. The smallest absolute Gasteiger partial charge is 0.277 e. The Kier molecular flexibility index (Phi) is 7.49. The van der Waals surface area contributed by atoms with Crippen molar-refractivity contribution in [1.82, 2.24) is 5.43 Å². The van der Waals surface area contributed by atoms with Gasteiger partial charge in [-0.25, -0.2) is 5.43 Å². The van der Waals surface area contributed by atoms with Crippen molar-refractivity contribution < 1.29 is 9.53 Å². The molecule has 0 bridgehead atoms. The standard InChI is InChI=1S/C17H13Br2ClN2O2/c18-13(8-12-4-2-1-3-5-12)10-21-22-17(23)11-24-16-7-6-14(20)9-15(16)19/h1-10H,11H2,(H,22,23)/b13-8-,21-10+. The van der Waals surface area contributed by atoms with Crippen LogP contribution in [-0.2, 0) is 4.79 Å². The lowest BCUT2D eigenvalue weighted by Crippen LogP contribution is -2.24. The summed E-state index contributed by atoms with van der Waals surface area (Å²) in [5.41, 5.74) is 3.42. The van der Waals surface area contributed by atoms with Crippen LogP contribution >= 0.6 is 43.5 Å². The first-order valence-electron chi connectivity index (χ1n) is 6.86. The molecule has 2 aromatic rings. The largest absolute Gasteiger partial charge is 0.483 e. The van der Waals surface area contributed by atoms with Crippen LogP contribution in [0, 0.1) is 0 Å². The third kappa shape index (κ3) is 6.47. The van der Waals surface area contributed by atoms with Crippen LogP contribution in [0.25, 0.3) is 6.08 Å². The zero-order chi connectivity index (χ0) is 17.4. The van der Waals surface area contributed by atoms with Gasteiger partial charge in [-0.2, -0.15) is 5.10 Å². The summed E-state index contributed by atoms with van der Waals surface area (Å²) in [4.78, 5) is 11.7. The molecule has 0 radical (unpaired) electrons. The highest BCUT2D eigenvalue weighted by molar-refractivity contribution is 9.12. The number of hydrogen-bond acceptors (Lipinski definition) is 3. The Morgan fingerprint density at radius 1 is 1.25 bits per heavy atom. The van der Waals surface area contributed by atoms with Crippen molar-refractivity contribution in [1.29, 1.82) is 0 Å². The Hall–Kier alpha value is -1.63. The van der Waals surface area contributed by atoms with Gasteiger partial charge in [-0.15, -0.1) is 0 Å². The zero-order valence-electron chi connectivity index (χ0n) is 12.4. The first-order chi connectivity index (χ1) is 11.5. The fourth-order valence-electron chi connectivity index (χ4n) is 1.68. The first-order valence-corrected chi connectivity index (χ1v) is 8.83. The average molecular weight is 473 g/mol. The highest BCUT2D eigenvalue weighted by Gasteiger charge is 2.05. The van der Waals surface area contributed by atoms with Crippen LogP contribution in [-0.4, -0.2) is 18.7 Å². The highest BCUT2D eigenvalue weighted by atomic mass is 79.9. The number of allylic oxidation sites excluding steroid dienone is 1. The number of carbonyl (C=O) groups is 1. The molecule has 7 heteroatoms. The summed E-state index contributed by atoms with van der Waals surface area (Å²) >= 11 is 12.5. The third-order valence-corrected chi connectivity index (χ3v) is 4.02. The lowest BCUT2D eigenvalue weighted by atomic mass is 10.2. The molecule has 0 unspecified atom stereocenters. The molecule has 2 aromatic carbocycles. The molecule has 2 rings (SSSR count). The van der Waals surface area contributed by atoms with E-state index in [0.29, 0.717) is 15.2 Å². The lowest BCUT2D eigenvalue weighted by molar-refractivity contribution is -0.123. The first kappa shape index (κ1) is 18.7. The third-order valence-electron chi connectivity index (χ3n) is 2.73. The summed E-state index contributed by atoms with van der Waals surface area (Å²) in [7, 11) is 0. The summed E-state index contributed by atoms with van der Waals surface area (Å²) in [6.45, 7) is -0.155. The van der Waals surface area contributed by atoms with Gasteiger partial charge in [0.2, 0.25) is 0 Å². The molecule has 124 valence electrons. The van der Waals surface area contributed by atoms with Crippen molar-refractivity contribution in [2.75, 3.05) is 6.61 Å². The van der Waals surface area contributed by atoms with Crippen LogP contribution < -0.4 is 10.2 Å². The van der Waals surface area contributed by atoms with E-state index in [4.69, 9.17) is 16.3 Å². The SMILES string of the molecule is O=C(COc1ccc(Cl)cc1Br)N/N=C/C(Br)=C/c1ccccc1. The van der Waals surface area contributed by atoms with E-state index < -0.39 is 0 Å². The van der Waals surface area contributed by atoms with Gasteiger partial charge in [-0.3, -0.25) is 4.79 Å². The van der Waals surface area contributed by atoms with Gasteiger partial charge in [0.05, 0.1) is 10.7 Å². The number of amides is 1. The van der Waals surface area contributed by atoms with Crippen LogP contribution in [0.2, 0.25) is 5.02 Å². The van der Waals surface area contributed by atoms with Crippen LogP contribution in [0.5, 0.6) is 5.75 Å². The van der Waals surface area contributed by atoms with Crippen LogP contribution in [0.15, 0.2) is 62.6 Å². The van der Waals surface area contributed by atoms with Gasteiger partial charge in [-0.1, -0.05) is 41.9 Å². The fraction of sp³-hybridized carbons (Fsp3) is 0.0588. The average Bonchev–Trinajstić information content (AvgIpc) is 2.55. The minimum atomic E-state index is -0.367. The Balaban J connectivity index is 1.81. The van der Waals surface area contributed by atoms with Crippen molar-refractivity contribution in [2.24, 2.45) is 5.10 Å². The Bertz CT molecular complexity index is 764. The van der Waals surface area contributed by atoms with Gasteiger partial charge in [0.25, 0.3) is 5.91 Å². The number of ether oxygens (including phenoxy) is 1. The van der Waals surface area contributed by atoms with E-state index in [-0.39, 0.29) is 12.5 Å². The maximum atomic E-state index is 11.7. The molecule has 0 saturated carbocycles. The minimum Gasteiger partial charge on any atom is -0.483 e. The van der Waals surface area contributed by atoms with Crippen LogP contribution in [0.4, 0.5) is 0 Å². The quantitative estimate of drug-likeness (QED) is 0.474. The topological polar surface area (TPSA) is 50.7 Å². The summed E-state index contributed by atoms with van der Waals surface area (Å²) < 4.78 is 6.80. The van der Waals surface area contributed by atoms with Gasteiger partial charge in [-0.05, 0) is 61.7 Å². The van der Waals surface area contributed by atoms with Crippen molar-refractivity contribution in [2.45, 2.75) is 0 Å². The van der Waals surface area contributed by atoms with Gasteiger partial charge in [0, 0.05) is 9.51 Å². The highest BCUT2D eigenvalue weighted by Crippen LogP contribution is 2.27. The monoisotopic (exact) mass is 470 g/mol. The van der Waals surface area contributed by atoms with E-state index in [1.54, 1.807) is 18.2 Å². The van der Waals surface area contributed by atoms with E-state index in [2.05, 4.69) is 42.4 Å². The van der Waals surface area contributed by atoms with Crippen LogP contribution in [0.3, 0.4) is 0 Å². The fourth-order valence-corrected chi connectivity index (χ4v) is 2.84. The zero-order valence-corrected chi connectivity index (χ0v) is 16.3. The molecule has 0 aliphatic carbocycles. The van der Waals surface area contributed by atoms with E-state index in [0.717, 1.165) is 10.0 Å². The molecule has 0 atom stereocenters. The number of nitrogens with one attached hydrogen (secondary N) is 1. The Morgan fingerprint density at radius 2 is 2.00 bits per heavy atom. The van der Waals surface area contributed by atoms with Gasteiger partial charge >= 0.3 is 0 Å². The van der Waals surface area contributed by atoms with Crippen molar-refractivity contribution in [3.05, 3.63) is 68.1 Å². The van der Waals surface area contributed by atoms with Gasteiger partial charge in [0.15, 0.2) is 6.61 Å². The maximum Gasteiger partial charge on any atom is 0.277 e. The molecule has 4 nitrogen and oxygen atoms in total. The van der Waals surface area contributed by atoms with E-state index in [1.807, 2.05) is 36.4 Å². The molecular weight excluding hydrogens is 459 g/mol. The number of nitrogens with zero attached hydrogens (tertiary/aromatic N) is 1. The Labute approximate surface area is 161 Å². The molecule has 1 N–H and O–H groups in total. The predicted molar refractivity (Wildman–Crippen MR) is 105 cm³/mol. The van der Waals surface area contributed by atoms with Crippen molar-refractivity contribution in [3.63, 3.8) is 0 Å². The normalized spacial score (nSPS) is 11.5. The summed E-state index contributed by atoms with van der Waals surface area (Å²) in [6, 6.07) is 14.8. The van der Waals surface area contributed by atoms with Gasteiger partial charge in [0.1, 0.15) is 5.75 Å². The lowest BCUT2D eigenvalue weighted by Gasteiger charge is -2.07. The van der Waals surface area contributed by atoms with Crippen molar-refractivity contribution >= 4 is 61.7 Å². The molecule has 24 heavy (non-hydrogen) atoms. The molecule has 0 aliphatic rings. The summed E-state index contributed by atoms with van der Waals surface area (Å²) in [5.74, 6) is 0.164. The minimum absolute atomic E-state index is 0.155. The van der Waals surface area contributed by atoms with E-state index in [1.165, 1.54) is 6.21 Å². The van der Waals surface area contributed by atoms with Gasteiger partial charge < -0.3 is 4.74 Å². The molecule has 1 amide bonds. The summed E-state index contributed by atoms with van der Waals surface area (Å²) in [5, 5.41) is 4.45.